The van der Waals surface area contributed by atoms with E-state index >= 15 is 0 Å². The normalized spacial score (nSPS) is 17.5. The van der Waals surface area contributed by atoms with Crippen molar-refractivity contribution in [2.75, 3.05) is 24.1 Å². The van der Waals surface area contributed by atoms with Crippen LogP contribution in [0.2, 0.25) is 0 Å². The van der Waals surface area contributed by atoms with Gasteiger partial charge in [-0.1, -0.05) is 65.8 Å². The number of carboxylic acids is 1. The standard InChI is InChI=1S/C29H33N7O7S.C22H25N7O11S2.C7H8O.C6H10O2.H2O/c1-29(2,3)43-28(41)36-27-35-20(15-44-27)24(30)22(38)10-18-19(34-25(18)39)12-33-26(40)32-11-17-9-21(37)23(13-31-17)42-14-16-7-5-4-6-8-16;23-20-26-12(9-41-20)17(27-40-22(19(34)35)2-1-3-22)15(31)5-11-13(29(18(11)33)42(38)39)7-25-21(36)24-6-10-4-14(30)16(32)8-28(10)37;8-6-7-4-2-1-3-5-7;1-5(7)6(8)3-2-4-6;/h4-9,13,15,18-19,30H,10-12,14H2,1-3H3,(H,31,37)(H,34,39)(H2,32,33,40)(H,35,36,41);4,8-9,11,13,32,37H,1-3,5-7H2,(H2,23,26)(H,34,35)(H,38,39)(H2,24,25,36);1-5,8H,6H2;8H,2-4H2,1H3;1H2/p-1/b;27-17-;;;/t18-,19+;11-,13+;;;/m00.../s1. The minimum absolute atomic E-state index is 0. The first-order valence-electron chi connectivity index (χ1n) is 31.3. The number of benzene rings is 2. The number of aromatic nitrogens is 4. The molecule has 1 unspecified atom stereocenters. The first-order chi connectivity index (χ1) is 48.3. The summed E-state index contributed by atoms with van der Waals surface area (Å²) in [7, 11) is 0. The van der Waals surface area contributed by atoms with E-state index in [-0.39, 0.29) is 108 Å². The summed E-state index contributed by atoms with van der Waals surface area (Å²) in [5.41, 5.74) is 2.80. The number of aliphatic hydroxyl groups is 2. The quantitative estimate of drug-likeness (QED) is 0.0122. The number of anilines is 2. The average molecular weight is 1490 g/mol. The monoisotopic (exact) mass is 1490 g/mol. The van der Waals surface area contributed by atoms with Gasteiger partial charge in [0.05, 0.1) is 66.8 Å². The number of urea groups is 2. The maximum absolute atomic E-state index is 13.3. The van der Waals surface area contributed by atoms with E-state index in [0.29, 0.717) is 34.0 Å². The number of ketones is 3. The molecule has 5 atom stereocenters. The number of nitrogen functional groups attached to an aromatic ring is 1. The van der Waals surface area contributed by atoms with Crippen LogP contribution in [0.25, 0.3) is 0 Å². The molecule has 17 N–H and O–H groups in total. The van der Waals surface area contributed by atoms with Crippen LogP contribution in [-0.4, -0.2) is 171 Å². The van der Waals surface area contributed by atoms with Gasteiger partial charge in [-0.3, -0.25) is 52.8 Å². The molecule has 0 radical (unpaired) electrons. The Bertz CT molecular complexity index is 4230. The van der Waals surface area contributed by atoms with Gasteiger partial charge in [-0.2, -0.15) is 4.73 Å². The van der Waals surface area contributed by atoms with E-state index in [2.05, 4.69) is 52.0 Å². The number of carbonyl (C=O) groups excluding carboxylic acids is 8. The van der Waals surface area contributed by atoms with E-state index in [1.807, 2.05) is 60.7 Å². The zero-order valence-corrected chi connectivity index (χ0v) is 58.2. The van der Waals surface area contributed by atoms with Crippen LogP contribution in [0.5, 0.6) is 11.5 Å². The molecule has 36 nitrogen and oxygen atoms in total. The average Bonchev–Trinajstić information content (AvgIpc) is 0.872. The fourth-order valence-electron chi connectivity index (χ4n) is 9.76. The minimum Gasteiger partial charge on any atom is -0.755 e. The number of carboxylic acid groups (broad SMARTS) is 1. The van der Waals surface area contributed by atoms with Gasteiger partial charge < -0.3 is 87.3 Å². The van der Waals surface area contributed by atoms with Gasteiger partial charge in [0.2, 0.25) is 28.3 Å². The highest BCUT2D eigenvalue weighted by Crippen LogP contribution is 2.37. The number of oxime groups is 1. The number of aliphatic carboxylic acids is 1. The number of hydrogen-bond donors (Lipinski definition) is 14. The number of nitrogens with zero attached hydrogens (tertiary/aromatic N) is 5. The molecule has 2 aliphatic heterocycles. The summed E-state index contributed by atoms with van der Waals surface area (Å²) in [6, 6.07) is 18.1. The molecule has 2 saturated carbocycles. The summed E-state index contributed by atoms with van der Waals surface area (Å²) in [5.74, 6) is -6.54. The van der Waals surface area contributed by atoms with Gasteiger partial charge in [0.1, 0.15) is 34.9 Å². The fourth-order valence-corrected chi connectivity index (χ4v) is 11.7. The number of amides is 7. The molecule has 2 aromatic carbocycles. The van der Waals surface area contributed by atoms with Crippen molar-refractivity contribution in [2.45, 2.75) is 134 Å². The lowest BCUT2D eigenvalue weighted by Gasteiger charge is -2.47. The van der Waals surface area contributed by atoms with E-state index in [1.54, 1.807) is 20.8 Å². The van der Waals surface area contributed by atoms with E-state index in [4.69, 9.17) is 35.7 Å². The largest absolute Gasteiger partial charge is 0.755 e. The Hall–Kier alpha value is -10.8. The Morgan fingerprint density at radius 1 is 0.835 bits per heavy atom. The number of H-pyrrole nitrogens is 1. The van der Waals surface area contributed by atoms with Gasteiger partial charge in [-0.25, -0.2) is 29.1 Å². The second-order valence-corrected chi connectivity index (χ2v) is 26.9. The molecule has 0 bridgehead atoms. The van der Waals surface area contributed by atoms with Crippen LogP contribution in [0.3, 0.4) is 0 Å². The van der Waals surface area contributed by atoms with Crippen LogP contribution in [0, 0.1) is 17.2 Å². The van der Waals surface area contributed by atoms with Gasteiger partial charge in [-0.05, 0) is 64.5 Å². The molecule has 6 heterocycles. The van der Waals surface area contributed by atoms with Crippen molar-refractivity contribution >= 4 is 109 Å². The first-order valence-corrected chi connectivity index (χ1v) is 34.1. The van der Waals surface area contributed by atoms with Gasteiger partial charge in [0.15, 0.2) is 44.8 Å². The maximum Gasteiger partial charge on any atom is 0.413 e. The number of rotatable bonds is 26. The third-order valence-corrected chi connectivity index (χ3v) is 18.1. The van der Waals surface area contributed by atoms with E-state index in [9.17, 15) is 76.9 Å². The summed E-state index contributed by atoms with van der Waals surface area (Å²) in [5, 5.41) is 76.3. The molecule has 4 aliphatic rings. The zero-order valence-electron chi connectivity index (χ0n) is 55.8. The number of β-lactam (4-membered cyclic amide) rings is 2. The van der Waals surface area contributed by atoms with Crippen molar-refractivity contribution in [3.8, 4) is 11.5 Å². The molecule has 103 heavy (non-hydrogen) atoms. The molecule has 554 valence electrons. The molecule has 4 fully saturated rings. The Labute approximate surface area is 596 Å². The van der Waals surface area contributed by atoms with Gasteiger partial charge in [-0.15, -0.1) is 22.7 Å². The summed E-state index contributed by atoms with van der Waals surface area (Å²) < 4.78 is 34.9. The van der Waals surface area contributed by atoms with Crippen LogP contribution in [0.1, 0.15) is 113 Å². The number of aliphatic hydroxyl groups excluding tert-OH is 1. The highest BCUT2D eigenvalue weighted by Gasteiger charge is 2.51. The highest BCUT2D eigenvalue weighted by atomic mass is 32.2. The van der Waals surface area contributed by atoms with Crippen molar-refractivity contribution in [1.82, 2.24) is 50.6 Å². The Morgan fingerprint density at radius 2 is 1.45 bits per heavy atom. The Balaban J connectivity index is 0.000000263. The Kier molecular flexibility index (Phi) is 28.9. The van der Waals surface area contributed by atoms with Gasteiger partial charge in [0, 0.05) is 73.6 Å². The zero-order chi connectivity index (χ0) is 74.6. The summed E-state index contributed by atoms with van der Waals surface area (Å²) >= 11 is -1.02. The number of Topliss-reactive ketones (excluding diaryl/α,β-unsaturated/α-hetero) is 3. The number of aromatic hydroxyl groups is 1. The third-order valence-electron chi connectivity index (χ3n) is 15.9. The molecule has 39 heteroatoms. The van der Waals surface area contributed by atoms with Crippen LogP contribution in [0.15, 0.2) is 111 Å². The van der Waals surface area contributed by atoms with E-state index in [0.717, 1.165) is 52.5 Å². The van der Waals surface area contributed by atoms with Crippen molar-refractivity contribution < 1.29 is 97.3 Å². The van der Waals surface area contributed by atoms with Crippen molar-refractivity contribution in [1.29, 1.82) is 5.41 Å². The van der Waals surface area contributed by atoms with Crippen LogP contribution in [0.4, 0.5) is 24.6 Å². The smallest absolute Gasteiger partial charge is 0.413 e. The lowest BCUT2D eigenvalue weighted by Crippen LogP contribution is -2.65. The summed E-state index contributed by atoms with van der Waals surface area (Å²) in [6.07, 6.45) is 3.87. The second kappa shape index (κ2) is 36.7. The molecule has 2 saturated heterocycles. The van der Waals surface area contributed by atoms with Crippen molar-refractivity contribution in [3.05, 3.63) is 150 Å². The van der Waals surface area contributed by atoms with Crippen LogP contribution >= 0.6 is 22.7 Å². The third kappa shape index (κ3) is 22.8. The molecule has 7 amide bonds. The van der Waals surface area contributed by atoms with Gasteiger partial charge >= 0.3 is 24.1 Å². The molecular formula is C64H77N14O22S3-. The number of hydrogen-bond acceptors (Lipinski definition) is 27. The highest BCUT2D eigenvalue weighted by molar-refractivity contribution is 7.77. The first kappa shape index (κ1) is 81.1. The van der Waals surface area contributed by atoms with Crippen LogP contribution in [-0.2, 0) is 75.9 Å². The lowest BCUT2D eigenvalue weighted by atomic mass is 9.78. The summed E-state index contributed by atoms with van der Waals surface area (Å²) in [6.45, 7) is 6.28. The molecule has 0 spiro atoms. The number of aromatic amines is 1. The van der Waals surface area contributed by atoms with E-state index in [1.165, 1.54) is 29.9 Å². The lowest BCUT2D eigenvalue weighted by molar-refractivity contribution is -0.178. The number of nitrogens with one attached hydrogen (secondary N) is 8. The fraction of sp³-hybridized carbons (Fsp3) is 0.391. The van der Waals surface area contributed by atoms with Crippen molar-refractivity contribution in [2.24, 2.45) is 17.0 Å². The van der Waals surface area contributed by atoms with E-state index < -0.39 is 129 Å². The molecule has 6 aromatic rings. The summed E-state index contributed by atoms with van der Waals surface area (Å²) in [4.78, 5) is 150. The number of nitrogens with two attached hydrogens (primary N) is 1. The topological polar surface area (TPSA) is 572 Å². The number of pyridine rings is 2. The second-order valence-electron chi connectivity index (χ2n) is 24.4. The minimum atomic E-state index is -3.02. The number of ether oxygens (including phenoxy) is 2. The van der Waals surface area contributed by atoms with Crippen LogP contribution < -0.4 is 53.2 Å². The molecule has 10 rings (SSSR count). The molecule has 2 aliphatic carbocycles. The Morgan fingerprint density at radius 3 is 1.97 bits per heavy atom. The van der Waals surface area contributed by atoms with Crippen molar-refractivity contribution in [3.63, 3.8) is 0 Å². The predicted octanol–water partition coefficient (Wildman–Crippen LogP) is 2.18. The molecular weight excluding hydrogens is 1410 g/mol. The molecule has 4 aromatic heterocycles. The number of thiazole rings is 2. The maximum atomic E-state index is 13.3. The SMILES string of the molecule is CC(=O)C1(O)CCC1.CC(C)(C)OC(=O)Nc1nc(C(=N)C(=O)C[C@@H]2C(=O)N[C@@H]2CNC(=O)NCc2cc(=O)c(OCc3ccccc3)c[nH]2)cs1.Nc1nc(/C(=N/OC2(C(=O)O)CCC2)C(=O)C[C@@H]2C(=O)N(S(=O)[O-])[C@@H]2CNC(=O)NCc2cc(=O)c(O)cn2O)cs1.O.OCc1ccccc1. The predicted molar refractivity (Wildman–Crippen MR) is 368 cm³/mol. The number of carbonyl (C=O) groups is 9. The van der Waals surface area contributed by atoms with Gasteiger partial charge in [0.25, 0.3) is 0 Å².